The highest BCUT2D eigenvalue weighted by Crippen LogP contribution is 2.30. The molecule has 5 heteroatoms. The number of piperazine rings is 1. The molecular weight excluding hydrogens is 458 g/mol. The zero-order valence-electron chi connectivity index (χ0n) is 22.0. The molecule has 2 fully saturated rings. The van der Waals surface area contributed by atoms with Gasteiger partial charge >= 0.3 is 0 Å². The second-order valence-corrected chi connectivity index (χ2v) is 10.2. The van der Waals surface area contributed by atoms with Gasteiger partial charge < -0.3 is 9.64 Å². The topological polar surface area (TPSA) is 36.0 Å². The SMILES string of the molecule is CCOc1cccc(CN2CCC(C(=O)N3CCN(C(c4ccccc4)c4ccccc4)CC3)CC2)c1. The molecule has 0 unspecified atom stereocenters. The van der Waals surface area contributed by atoms with Crippen LogP contribution >= 0.6 is 0 Å². The van der Waals surface area contributed by atoms with E-state index in [0.29, 0.717) is 12.5 Å². The van der Waals surface area contributed by atoms with Crippen LogP contribution in [0.5, 0.6) is 5.75 Å². The minimum Gasteiger partial charge on any atom is -0.494 e. The van der Waals surface area contributed by atoms with E-state index >= 15 is 0 Å². The molecule has 2 heterocycles. The van der Waals surface area contributed by atoms with Gasteiger partial charge in [-0.3, -0.25) is 14.6 Å². The van der Waals surface area contributed by atoms with Crippen LogP contribution in [0.1, 0.15) is 42.5 Å². The van der Waals surface area contributed by atoms with Gasteiger partial charge in [-0.15, -0.1) is 0 Å². The molecule has 0 N–H and O–H groups in total. The van der Waals surface area contributed by atoms with E-state index in [1.165, 1.54) is 16.7 Å². The first-order valence-electron chi connectivity index (χ1n) is 13.8. The normalized spacial score (nSPS) is 17.7. The van der Waals surface area contributed by atoms with Crippen molar-refractivity contribution in [2.75, 3.05) is 45.9 Å². The molecule has 0 aliphatic carbocycles. The Morgan fingerprint density at radius 3 is 2.03 bits per heavy atom. The fourth-order valence-corrected chi connectivity index (χ4v) is 5.84. The highest BCUT2D eigenvalue weighted by Gasteiger charge is 2.32. The lowest BCUT2D eigenvalue weighted by molar-refractivity contribution is -0.139. The van der Waals surface area contributed by atoms with E-state index in [2.05, 4.69) is 93.6 Å². The fraction of sp³-hybridized carbons (Fsp3) is 0.406. The molecular formula is C32H39N3O2. The summed E-state index contributed by atoms with van der Waals surface area (Å²) in [6, 6.07) is 30.1. The fourth-order valence-electron chi connectivity index (χ4n) is 5.84. The molecule has 0 bridgehead atoms. The number of carbonyl (C=O) groups excluding carboxylic acids is 1. The van der Waals surface area contributed by atoms with E-state index in [0.717, 1.165) is 64.4 Å². The van der Waals surface area contributed by atoms with E-state index in [1.807, 2.05) is 13.0 Å². The maximum absolute atomic E-state index is 13.4. The maximum atomic E-state index is 13.4. The number of likely N-dealkylation sites (tertiary alicyclic amines) is 1. The third kappa shape index (κ3) is 6.41. The summed E-state index contributed by atoms with van der Waals surface area (Å²) < 4.78 is 5.65. The van der Waals surface area contributed by atoms with Crippen molar-refractivity contribution in [1.82, 2.24) is 14.7 Å². The summed E-state index contributed by atoms with van der Waals surface area (Å²) in [5, 5.41) is 0. The first kappa shape index (κ1) is 25.5. The summed E-state index contributed by atoms with van der Waals surface area (Å²) in [6.07, 6.45) is 1.89. The predicted octanol–water partition coefficient (Wildman–Crippen LogP) is 5.23. The molecule has 194 valence electrons. The number of hydrogen-bond acceptors (Lipinski definition) is 4. The largest absolute Gasteiger partial charge is 0.494 e. The van der Waals surface area contributed by atoms with Gasteiger partial charge in [-0.1, -0.05) is 72.8 Å². The number of rotatable bonds is 8. The molecule has 2 aliphatic heterocycles. The summed E-state index contributed by atoms with van der Waals surface area (Å²) in [4.78, 5) is 20.5. The smallest absolute Gasteiger partial charge is 0.225 e. The number of ether oxygens (including phenoxy) is 1. The van der Waals surface area contributed by atoms with Crippen LogP contribution in [-0.4, -0.2) is 66.5 Å². The van der Waals surface area contributed by atoms with Gasteiger partial charge in [-0.05, 0) is 61.7 Å². The van der Waals surface area contributed by atoms with Gasteiger partial charge in [0.1, 0.15) is 5.75 Å². The summed E-state index contributed by atoms with van der Waals surface area (Å²) in [5.74, 6) is 1.44. The maximum Gasteiger partial charge on any atom is 0.225 e. The third-order valence-electron chi connectivity index (χ3n) is 7.77. The van der Waals surface area contributed by atoms with Crippen molar-refractivity contribution in [3.8, 4) is 5.75 Å². The Hall–Kier alpha value is -3.15. The molecule has 0 saturated carbocycles. The van der Waals surface area contributed by atoms with Crippen molar-refractivity contribution in [2.45, 2.75) is 32.4 Å². The van der Waals surface area contributed by atoms with Crippen LogP contribution in [0.15, 0.2) is 84.9 Å². The van der Waals surface area contributed by atoms with E-state index in [-0.39, 0.29) is 12.0 Å². The molecule has 0 radical (unpaired) electrons. The second-order valence-electron chi connectivity index (χ2n) is 10.2. The zero-order valence-corrected chi connectivity index (χ0v) is 22.0. The van der Waals surface area contributed by atoms with Gasteiger partial charge in [-0.2, -0.15) is 0 Å². The molecule has 2 saturated heterocycles. The first-order valence-corrected chi connectivity index (χ1v) is 13.8. The number of piperidine rings is 1. The van der Waals surface area contributed by atoms with Gasteiger partial charge in [0.05, 0.1) is 12.6 Å². The zero-order chi connectivity index (χ0) is 25.5. The van der Waals surface area contributed by atoms with E-state index in [9.17, 15) is 4.79 Å². The lowest BCUT2D eigenvalue weighted by Crippen LogP contribution is -2.52. The Morgan fingerprint density at radius 1 is 0.811 bits per heavy atom. The molecule has 3 aromatic carbocycles. The second kappa shape index (κ2) is 12.4. The van der Waals surface area contributed by atoms with Crippen molar-refractivity contribution in [2.24, 2.45) is 5.92 Å². The monoisotopic (exact) mass is 497 g/mol. The lowest BCUT2D eigenvalue weighted by atomic mass is 9.94. The highest BCUT2D eigenvalue weighted by molar-refractivity contribution is 5.79. The third-order valence-corrected chi connectivity index (χ3v) is 7.77. The molecule has 37 heavy (non-hydrogen) atoms. The predicted molar refractivity (Wildman–Crippen MR) is 148 cm³/mol. The molecule has 2 aliphatic rings. The van der Waals surface area contributed by atoms with Crippen LogP contribution < -0.4 is 4.74 Å². The van der Waals surface area contributed by atoms with E-state index in [4.69, 9.17) is 4.74 Å². The number of benzene rings is 3. The van der Waals surface area contributed by atoms with Gasteiger partial charge in [0, 0.05) is 38.6 Å². The van der Waals surface area contributed by atoms with E-state index < -0.39 is 0 Å². The Balaban J connectivity index is 1.14. The van der Waals surface area contributed by atoms with Gasteiger partial charge in [0.25, 0.3) is 0 Å². The number of amides is 1. The van der Waals surface area contributed by atoms with Crippen LogP contribution in [0.4, 0.5) is 0 Å². The lowest BCUT2D eigenvalue weighted by Gasteiger charge is -2.41. The molecule has 5 nitrogen and oxygen atoms in total. The summed E-state index contributed by atoms with van der Waals surface area (Å²) >= 11 is 0. The number of nitrogens with zero attached hydrogens (tertiary/aromatic N) is 3. The molecule has 1 amide bonds. The van der Waals surface area contributed by atoms with Crippen molar-refractivity contribution in [3.63, 3.8) is 0 Å². The number of carbonyl (C=O) groups is 1. The van der Waals surface area contributed by atoms with Crippen molar-refractivity contribution in [1.29, 1.82) is 0 Å². The molecule has 0 atom stereocenters. The van der Waals surface area contributed by atoms with Crippen LogP contribution in [0.3, 0.4) is 0 Å². The highest BCUT2D eigenvalue weighted by atomic mass is 16.5. The van der Waals surface area contributed by atoms with Gasteiger partial charge in [0.15, 0.2) is 0 Å². The van der Waals surface area contributed by atoms with E-state index in [1.54, 1.807) is 0 Å². The Bertz CT molecular complexity index is 1080. The quantitative estimate of drug-likeness (QED) is 0.427. The van der Waals surface area contributed by atoms with Gasteiger partial charge in [0.2, 0.25) is 5.91 Å². The summed E-state index contributed by atoms with van der Waals surface area (Å²) in [5.41, 5.74) is 3.90. The first-order chi connectivity index (χ1) is 18.2. The van der Waals surface area contributed by atoms with Gasteiger partial charge in [-0.25, -0.2) is 0 Å². The van der Waals surface area contributed by atoms with Crippen LogP contribution in [0.25, 0.3) is 0 Å². The standard InChI is InChI=1S/C32H39N3O2/c1-2-37-30-15-9-10-26(24-30)25-33-18-16-29(17-19-33)32(36)35-22-20-34(21-23-35)31(27-11-5-3-6-12-27)28-13-7-4-8-14-28/h3-15,24,29,31H,2,16-23,25H2,1H3. The summed E-state index contributed by atoms with van der Waals surface area (Å²) in [6.45, 7) is 8.96. The molecule has 3 aromatic rings. The van der Waals surface area contributed by atoms with Crippen LogP contribution in [0, 0.1) is 5.92 Å². The van der Waals surface area contributed by atoms with Crippen LogP contribution in [-0.2, 0) is 11.3 Å². The number of hydrogen-bond donors (Lipinski definition) is 0. The molecule has 0 spiro atoms. The average Bonchev–Trinajstić information content (AvgIpc) is 2.95. The molecule has 5 rings (SSSR count). The van der Waals surface area contributed by atoms with Crippen molar-refractivity contribution in [3.05, 3.63) is 102 Å². The average molecular weight is 498 g/mol. The minimum absolute atomic E-state index is 0.150. The van der Waals surface area contributed by atoms with Crippen molar-refractivity contribution >= 4 is 5.91 Å². The Kier molecular flexibility index (Phi) is 8.54. The van der Waals surface area contributed by atoms with Crippen LogP contribution in [0.2, 0.25) is 0 Å². The Labute approximate surface area is 221 Å². The Morgan fingerprint density at radius 2 is 1.43 bits per heavy atom. The molecule has 0 aromatic heterocycles. The minimum atomic E-state index is 0.150. The summed E-state index contributed by atoms with van der Waals surface area (Å²) in [7, 11) is 0. The van der Waals surface area contributed by atoms with Crippen molar-refractivity contribution < 1.29 is 9.53 Å².